The summed E-state index contributed by atoms with van der Waals surface area (Å²) in [4.78, 5) is 15.4. The highest BCUT2D eigenvalue weighted by Gasteiger charge is 2.43. The van der Waals surface area contributed by atoms with Crippen LogP contribution < -0.4 is 5.73 Å². The summed E-state index contributed by atoms with van der Waals surface area (Å²) < 4.78 is 43.3. The molecule has 0 radical (unpaired) electrons. The highest BCUT2D eigenvalue weighted by atomic mass is 35.5. The van der Waals surface area contributed by atoms with Crippen LogP contribution in [0.4, 0.5) is 13.2 Å². The molecule has 0 saturated carbocycles. The summed E-state index contributed by atoms with van der Waals surface area (Å²) in [6, 6.07) is -1.48. The predicted molar refractivity (Wildman–Crippen MR) is 85.1 cm³/mol. The molecule has 0 aromatic carbocycles. The van der Waals surface area contributed by atoms with Gasteiger partial charge in [0.05, 0.1) is 5.54 Å². The molecule has 5 nitrogen and oxygen atoms in total. The van der Waals surface area contributed by atoms with Crippen molar-refractivity contribution >= 4 is 30.7 Å². The van der Waals surface area contributed by atoms with Crippen LogP contribution in [0.15, 0.2) is 0 Å². The molecule has 1 amide bonds. The zero-order valence-corrected chi connectivity index (χ0v) is 14.6. The Morgan fingerprint density at radius 1 is 1.13 bits per heavy atom. The Hall–Kier alpha value is -0.280. The Bertz CT molecular complexity index is 385. The van der Waals surface area contributed by atoms with Crippen LogP contribution in [0.3, 0.4) is 0 Å². The number of amides is 1. The van der Waals surface area contributed by atoms with E-state index in [1.54, 1.807) is 4.90 Å². The predicted octanol–water partition coefficient (Wildman–Crippen LogP) is 1.43. The van der Waals surface area contributed by atoms with Crippen LogP contribution >= 0.6 is 24.8 Å². The van der Waals surface area contributed by atoms with Gasteiger partial charge in [-0.2, -0.15) is 13.2 Å². The highest BCUT2D eigenvalue weighted by Crippen LogP contribution is 2.26. The second-order valence-corrected chi connectivity index (χ2v) is 5.81. The standard InChI is InChI=1S/C13H22F3N3O2.2ClH/c1-10(13(14,15)16)18-4-6-19(7-5-18)11(20)12(17)2-8-21-9-3-12;;/h10H,2-9,17H2,1H3;2*1H. The van der Waals surface area contributed by atoms with Crippen molar-refractivity contribution in [1.82, 2.24) is 9.80 Å². The van der Waals surface area contributed by atoms with Gasteiger partial charge in [-0.25, -0.2) is 0 Å². The first-order chi connectivity index (χ1) is 9.74. The fourth-order valence-electron chi connectivity index (χ4n) is 2.78. The topological polar surface area (TPSA) is 58.8 Å². The second-order valence-electron chi connectivity index (χ2n) is 5.81. The van der Waals surface area contributed by atoms with Crippen LogP contribution in [0.2, 0.25) is 0 Å². The lowest BCUT2D eigenvalue weighted by atomic mass is 9.89. The normalized spacial score (nSPS) is 23.4. The van der Waals surface area contributed by atoms with Crippen LogP contribution in [0, 0.1) is 0 Å². The molecule has 1 atom stereocenters. The summed E-state index contributed by atoms with van der Waals surface area (Å²) in [6.45, 7) is 3.08. The van der Waals surface area contributed by atoms with Crippen molar-refractivity contribution in [3.63, 3.8) is 0 Å². The van der Waals surface area contributed by atoms with E-state index in [1.807, 2.05) is 0 Å². The van der Waals surface area contributed by atoms with E-state index < -0.39 is 17.8 Å². The number of rotatable bonds is 2. The minimum atomic E-state index is -4.23. The van der Waals surface area contributed by atoms with E-state index >= 15 is 0 Å². The molecule has 2 rings (SSSR count). The first-order valence-corrected chi connectivity index (χ1v) is 7.21. The average molecular weight is 382 g/mol. The summed E-state index contributed by atoms with van der Waals surface area (Å²) >= 11 is 0. The van der Waals surface area contributed by atoms with Crippen LogP contribution in [0.1, 0.15) is 19.8 Å². The number of nitrogens with two attached hydrogens (primary N) is 1. The number of alkyl halides is 3. The summed E-state index contributed by atoms with van der Waals surface area (Å²) in [7, 11) is 0. The number of carbonyl (C=O) groups excluding carboxylic acids is 1. The molecule has 2 aliphatic rings. The molecule has 2 aliphatic heterocycles. The monoisotopic (exact) mass is 381 g/mol. The molecule has 2 N–H and O–H groups in total. The van der Waals surface area contributed by atoms with Gasteiger partial charge in [-0.1, -0.05) is 0 Å². The van der Waals surface area contributed by atoms with Crippen molar-refractivity contribution in [1.29, 1.82) is 0 Å². The van der Waals surface area contributed by atoms with Gasteiger partial charge in [-0.3, -0.25) is 9.69 Å². The van der Waals surface area contributed by atoms with Gasteiger partial charge in [-0.15, -0.1) is 24.8 Å². The molecule has 2 fully saturated rings. The molecular formula is C13H24Cl2F3N3O2. The highest BCUT2D eigenvalue weighted by molar-refractivity contribution is 5.86. The third-order valence-electron chi connectivity index (χ3n) is 4.43. The number of carbonyl (C=O) groups is 1. The molecule has 23 heavy (non-hydrogen) atoms. The van der Waals surface area contributed by atoms with E-state index in [9.17, 15) is 18.0 Å². The van der Waals surface area contributed by atoms with Crippen LogP contribution in [0.5, 0.6) is 0 Å². The van der Waals surface area contributed by atoms with Gasteiger partial charge in [0.1, 0.15) is 6.04 Å². The zero-order chi connectivity index (χ0) is 15.7. The minimum absolute atomic E-state index is 0. The number of halogens is 5. The van der Waals surface area contributed by atoms with Gasteiger partial charge in [0, 0.05) is 39.4 Å². The third-order valence-corrected chi connectivity index (χ3v) is 4.43. The fourth-order valence-corrected chi connectivity index (χ4v) is 2.78. The van der Waals surface area contributed by atoms with Crippen molar-refractivity contribution in [3.8, 4) is 0 Å². The van der Waals surface area contributed by atoms with Crippen molar-refractivity contribution in [2.24, 2.45) is 5.73 Å². The molecule has 138 valence electrons. The van der Waals surface area contributed by atoms with Crippen LogP contribution in [-0.4, -0.2) is 72.9 Å². The second kappa shape index (κ2) is 8.71. The van der Waals surface area contributed by atoms with Crippen molar-refractivity contribution in [3.05, 3.63) is 0 Å². The summed E-state index contributed by atoms with van der Waals surface area (Å²) in [5.74, 6) is -0.162. The van der Waals surface area contributed by atoms with Crippen molar-refractivity contribution in [2.45, 2.75) is 37.5 Å². The molecule has 1 unspecified atom stereocenters. The molecule has 0 aromatic heterocycles. The van der Waals surface area contributed by atoms with E-state index in [0.29, 0.717) is 39.1 Å². The molecule has 0 aliphatic carbocycles. The Morgan fingerprint density at radius 3 is 2.04 bits per heavy atom. The number of hydrogen-bond acceptors (Lipinski definition) is 4. The number of hydrogen-bond donors (Lipinski definition) is 1. The first-order valence-electron chi connectivity index (χ1n) is 7.21. The zero-order valence-electron chi connectivity index (χ0n) is 13.0. The number of piperazine rings is 1. The van der Waals surface area contributed by atoms with E-state index in [4.69, 9.17) is 10.5 Å². The molecule has 0 bridgehead atoms. The van der Waals surface area contributed by atoms with Gasteiger partial charge in [-0.05, 0) is 19.8 Å². The summed E-state index contributed by atoms with van der Waals surface area (Å²) in [5.41, 5.74) is 5.21. The maximum Gasteiger partial charge on any atom is 0.403 e. The molecule has 10 heteroatoms. The molecule has 2 heterocycles. The summed E-state index contributed by atoms with van der Waals surface area (Å²) in [5, 5.41) is 0. The van der Waals surface area contributed by atoms with Crippen molar-refractivity contribution in [2.75, 3.05) is 39.4 Å². The largest absolute Gasteiger partial charge is 0.403 e. The number of ether oxygens (including phenoxy) is 1. The SMILES string of the molecule is CC(N1CCN(C(=O)C2(N)CCOCC2)CC1)C(F)(F)F.Cl.Cl. The Kier molecular flexibility index (Phi) is 8.60. The lowest BCUT2D eigenvalue weighted by Gasteiger charge is -2.42. The van der Waals surface area contributed by atoms with Gasteiger partial charge in [0.2, 0.25) is 5.91 Å². The lowest BCUT2D eigenvalue weighted by Crippen LogP contribution is -2.62. The average Bonchev–Trinajstić information content (AvgIpc) is 2.46. The van der Waals surface area contributed by atoms with Gasteiger partial charge in [0.15, 0.2) is 0 Å². The molecule has 2 saturated heterocycles. The maximum atomic E-state index is 12.7. The Labute approximate surface area is 146 Å². The van der Waals surface area contributed by atoms with E-state index in [-0.39, 0.29) is 43.8 Å². The summed E-state index contributed by atoms with van der Waals surface area (Å²) in [6.07, 6.45) is -3.31. The number of nitrogens with zero attached hydrogens (tertiary/aromatic N) is 2. The van der Waals surface area contributed by atoms with Crippen LogP contribution in [0.25, 0.3) is 0 Å². The first kappa shape index (κ1) is 22.7. The smallest absolute Gasteiger partial charge is 0.381 e. The minimum Gasteiger partial charge on any atom is -0.381 e. The van der Waals surface area contributed by atoms with E-state index in [0.717, 1.165) is 6.92 Å². The Morgan fingerprint density at radius 2 is 1.61 bits per heavy atom. The van der Waals surface area contributed by atoms with Gasteiger partial charge >= 0.3 is 6.18 Å². The van der Waals surface area contributed by atoms with E-state index in [2.05, 4.69) is 0 Å². The third kappa shape index (κ3) is 5.35. The quantitative estimate of drug-likeness (QED) is 0.785. The van der Waals surface area contributed by atoms with Gasteiger partial charge < -0.3 is 15.4 Å². The fraction of sp³-hybridized carbons (Fsp3) is 0.923. The van der Waals surface area contributed by atoms with Crippen LogP contribution in [-0.2, 0) is 9.53 Å². The Balaban J connectivity index is 0.00000242. The van der Waals surface area contributed by atoms with Gasteiger partial charge in [0.25, 0.3) is 0 Å². The molecular weight excluding hydrogens is 358 g/mol. The molecule has 0 spiro atoms. The van der Waals surface area contributed by atoms with Crippen molar-refractivity contribution < 1.29 is 22.7 Å². The lowest BCUT2D eigenvalue weighted by molar-refractivity contribution is -0.183. The van der Waals surface area contributed by atoms with E-state index in [1.165, 1.54) is 4.90 Å². The maximum absolute atomic E-state index is 12.7. The molecule has 0 aromatic rings.